The van der Waals surface area contributed by atoms with Crippen LogP contribution in [0.4, 0.5) is 17.1 Å². The molecule has 3 heteroatoms. The number of para-hydroxylation sites is 5. The molecule has 2 aromatic heterocycles. The third-order valence-electron chi connectivity index (χ3n) is 12.2. The number of anilines is 3. The molecule has 0 aliphatic carbocycles. The second kappa shape index (κ2) is 14.3. The summed E-state index contributed by atoms with van der Waals surface area (Å²) < 4.78 is 9.13. The fourth-order valence-corrected chi connectivity index (χ4v) is 9.45. The van der Waals surface area contributed by atoms with E-state index in [1.54, 1.807) is 0 Å². The molecule has 0 aliphatic heterocycles. The molecule has 286 valence electrons. The Bertz CT molecular complexity index is 3580. The van der Waals surface area contributed by atoms with E-state index in [4.69, 9.17) is 4.42 Å². The molecule has 0 spiro atoms. The van der Waals surface area contributed by atoms with Crippen LogP contribution >= 0.6 is 0 Å². The highest BCUT2D eigenvalue weighted by Gasteiger charge is 2.23. The van der Waals surface area contributed by atoms with Crippen molar-refractivity contribution < 1.29 is 4.42 Å². The minimum atomic E-state index is 0.853. The van der Waals surface area contributed by atoms with Crippen LogP contribution in [0.25, 0.3) is 93.6 Å². The third kappa shape index (κ3) is 5.74. The first kappa shape index (κ1) is 34.9. The molecule has 0 radical (unpaired) electrons. The number of furan rings is 1. The Hall–Kier alpha value is -8.14. The third-order valence-corrected chi connectivity index (χ3v) is 12.2. The van der Waals surface area contributed by atoms with Gasteiger partial charge in [-0.05, 0) is 99.3 Å². The summed E-state index contributed by atoms with van der Waals surface area (Å²) in [7, 11) is 0. The van der Waals surface area contributed by atoms with Crippen molar-refractivity contribution in [2.45, 2.75) is 0 Å². The van der Waals surface area contributed by atoms with Gasteiger partial charge in [0, 0.05) is 38.5 Å². The Kier molecular flexibility index (Phi) is 8.17. The Labute approximate surface area is 353 Å². The molecule has 12 aromatic rings. The van der Waals surface area contributed by atoms with Crippen LogP contribution in [0.2, 0.25) is 0 Å². The lowest BCUT2D eigenvalue weighted by atomic mass is 9.90. The van der Waals surface area contributed by atoms with Crippen molar-refractivity contribution in [2.24, 2.45) is 0 Å². The number of hydrogen-bond acceptors (Lipinski definition) is 2. The van der Waals surface area contributed by atoms with E-state index >= 15 is 0 Å². The quantitative estimate of drug-likeness (QED) is 0.161. The number of rotatable bonds is 7. The van der Waals surface area contributed by atoms with Gasteiger partial charge in [0.1, 0.15) is 5.58 Å². The lowest BCUT2D eigenvalue weighted by molar-refractivity contribution is 0.669. The summed E-state index contributed by atoms with van der Waals surface area (Å²) in [5, 5.41) is 7.10. The maximum Gasteiger partial charge on any atom is 0.159 e. The van der Waals surface area contributed by atoms with E-state index in [0.29, 0.717) is 0 Å². The van der Waals surface area contributed by atoms with Crippen LogP contribution in [-0.4, -0.2) is 4.57 Å². The normalized spacial score (nSPS) is 11.6. The summed E-state index contributed by atoms with van der Waals surface area (Å²) >= 11 is 0. The van der Waals surface area contributed by atoms with Gasteiger partial charge in [-0.3, -0.25) is 0 Å². The Morgan fingerprint density at radius 2 is 0.967 bits per heavy atom. The Balaban J connectivity index is 1.05. The topological polar surface area (TPSA) is 21.3 Å². The molecule has 0 atom stereocenters. The molecule has 0 fully saturated rings. The average Bonchev–Trinajstić information content (AvgIpc) is 3.88. The maximum atomic E-state index is 6.76. The minimum Gasteiger partial charge on any atom is -0.454 e. The van der Waals surface area contributed by atoms with Gasteiger partial charge in [0.05, 0.1) is 22.4 Å². The van der Waals surface area contributed by atoms with Gasteiger partial charge in [-0.15, -0.1) is 0 Å². The number of nitrogens with zero attached hydrogens (tertiary/aromatic N) is 2. The zero-order chi connectivity index (χ0) is 40.3. The number of fused-ring (bicyclic) bond motifs is 7. The van der Waals surface area contributed by atoms with Crippen molar-refractivity contribution in [2.75, 3.05) is 4.90 Å². The second-order valence-electron chi connectivity index (χ2n) is 15.6. The van der Waals surface area contributed by atoms with E-state index in [-0.39, 0.29) is 0 Å². The smallest absolute Gasteiger partial charge is 0.159 e. The molecule has 12 rings (SSSR count). The molecule has 0 saturated carbocycles. The van der Waals surface area contributed by atoms with Crippen LogP contribution in [-0.2, 0) is 0 Å². The molecular formula is C58H38N2O. The first-order valence-electron chi connectivity index (χ1n) is 20.8. The maximum absolute atomic E-state index is 6.76. The molecule has 0 unspecified atom stereocenters. The van der Waals surface area contributed by atoms with E-state index in [1.165, 1.54) is 54.8 Å². The Morgan fingerprint density at radius 3 is 1.80 bits per heavy atom. The average molecular weight is 779 g/mol. The van der Waals surface area contributed by atoms with Gasteiger partial charge in [0.2, 0.25) is 0 Å². The van der Waals surface area contributed by atoms with Crippen LogP contribution < -0.4 is 4.90 Å². The monoisotopic (exact) mass is 778 g/mol. The number of benzene rings is 10. The van der Waals surface area contributed by atoms with Crippen molar-refractivity contribution in [3.8, 4) is 39.1 Å². The summed E-state index contributed by atoms with van der Waals surface area (Å²) in [5.41, 5.74) is 15.4. The number of aromatic nitrogens is 1. The molecule has 0 N–H and O–H groups in total. The molecule has 61 heavy (non-hydrogen) atoms. The predicted octanol–water partition coefficient (Wildman–Crippen LogP) is 16.3. The van der Waals surface area contributed by atoms with Crippen molar-refractivity contribution in [1.29, 1.82) is 0 Å². The van der Waals surface area contributed by atoms with Crippen LogP contribution in [0.5, 0.6) is 0 Å². The van der Waals surface area contributed by atoms with E-state index in [1.807, 2.05) is 6.07 Å². The fourth-order valence-electron chi connectivity index (χ4n) is 9.45. The van der Waals surface area contributed by atoms with Gasteiger partial charge in [-0.2, -0.15) is 0 Å². The summed E-state index contributed by atoms with van der Waals surface area (Å²) in [6.45, 7) is 0. The van der Waals surface area contributed by atoms with Crippen LogP contribution in [0.1, 0.15) is 0 Å². The second-order valence-corrected chi connectivity index (χ2v) is 15.6. The molecule has 0 amide bonds. The van der Waals surface area contributed by atoms with Crippen LogP contribution in [0.3, 0.4) is 0 Å². The molecule has 0 bridgehead atoms. The van der Waals surface area contributed by atoms with Crippen molar-refractivity contribution in [3.05, 3.63) is 231 Å². The van der Waals surface area contributed by atoms with Crippen LogP contribution in [0, 0.1) is 0 Å². The first-order valence-corrected chi connectivity index (χ1v) is 20.8. The molecular weight excluding hydrogens is 741 g/mol. The van der Waals surface area contributed by atoms with E-state index in [0.717, 1.165) is 55.8 Å². The van der Waals surface area contributed by atoms with Gasteiger partial charge in [-0.25, -0.2) is 0 Å². The highest BCUT2D eigenvalue weighted by Crippen LogP contribution is 2.48. The molecule has 10 aromatic carbocycles. The fraction of sp³-hybridized carbons (Fsp3) is 0. The SMILES string of the molecule is c1ccc(-c2cccc3cccc(-c4ccccc4N(c4ccc(-c5ccc6c(c5)c5ccccc5n6-c5ccccc5)cc4)c4cccc5c4oc4ccccc45)c23)cc1. The van der Waals surface area contributed by atoms with Gasteiger partial charge >= 0.3 is 0 Å². The van der Waals surface area contributed by atoms with Gasteiger partial charge in [-0.1, -0.05) is 170 Å². The van der Waals surface area contributed by atoms with Crippen molar-refractivity contribution in [1.82, 2.24) is 4.57 Å². The summed E-state index contributed by atoms with van der Waals surface area (Å²) in [6.07, 6.45) is 0. The molecule has 0 aliphatic rings. The predicted molar refractivity (Wildman–Crippen MR) is 257 cm³/mol. The number of hydrogen-bond donors (Lipinski definition) is 0. The van der Waals surface area contributed by atoms with E-state index in [9.17, 15) is 0 Å². The van der Waals surface area contributed by atoms with E-state index in [2.05, 4.69) is 234 Å². The molecule has 0 saturated heterocycles. The Morgan fingerprint density at radius 1 is 0.361 bits per heavy atom. The molecule has 2 heterocycles. The largest absolute Gasteiger partial charge is 0.454 e. The lowest BCUT2D eigenvalue weighted by Crippen LogP contribution is -2.11. The van der Waals surface area contributed by atoms with Gasteiger partial charge < -0.3 is 13.9 Å². The lowest BCUT2D eigenvalue weighted by Gasteiger charge is -2.28. The van der Waals surface area contributed by atoms with Gasteiger partial charge in [0.15, 0.2) is 5.58 Å². The summed E-state index contributed by atoms with van der Waals surface area (Å²) in [5.74, 6) is 0. The minimum absolute atomic E-state index is 0.853. The molecule has 3 nitrogen and oxygen atoms in total. The first-order chi connectivity index (χ1) is 30.3. The standard InChI is InChI=1S/C58H38N2O/c1-3-16-40(17-4-1)45-25-13-18-41-19-14-26-49(57(41)45)46-22-7-10-28-52(46)60(55-30-15-27-50-48-24-9-12-31-56(48)61-58(50)55)44-35-32-39(33-36-44)42-34-37-54-51(38-42)47-23-8-11-29-53(47)59(54)43-20-5-2-6-21-43/h1-38H. The van der Waals surface area contributed by atoms with Gasteiger partial charge in [0.25, 0.3) is 0 Å². The van der Waals surface area contributed by atoms with Crippen molar-refractivity contribution in [3.63, 3.8) is 0 Å². The zero-order valence-corrected chi connectivity index (χ0v) is 33.2. The zero-order valence-electron chi connectivity index (χ0n) is 33.2. The highest BCUT2D eigenvalue weighted by atomic mass is 16.3. The summed E-state index contributed by atoms with van der Waals surface area (Å²) in [4.78, 5) is 2.38. The highest BCUT2D eigenvalue weighted by molar-refractivity contribution is 6.13. The van der Waals surface area contributed by atoms with Crippen molar-refractivity contribution >= 4 is 71.6 Å². The summed E-state index contributed by atoms with van der Waals surface area (Å²) in [6, 6.07) is 82.8. The van der Waals surface area contributed by atoms with Crippen LogP contribution in [0.15, 0.2) is 235 Å². The van der Waals surface area contributed by atoms with E-state index < -0.39 is 0 Å².